The lowest BCUT2D eigenvalue weighted by atomic mass is 10.1. The summed E-state index contributed by atoms with van der Waals surface area (Å²) in [4.78, 5) is 12.4. The number of benzene rings is 2. The highest BCUT2D eigenvalue weighted by Crippen LogP contribution is 2.29. The normalized spacial score (nSPS) is 12.2. The molecule has 0 saturated heterocycles. The molecule has 31 heavy (non-hydrogen) atoms. The van der Waals surface area contributed by atoms with Crippen molar-refractivity contribution in [1.82, 2.24) is 3.97 Å². The number of carbonyl (C=O) groups is 1. The van der Waals surface area contributed by atoms with Gasteiger partial charge in [0.05, 0.1) is 25.1 Å². The third kappa shape index (κ3) is 4.36. The molecule has 0 atom stereocenters. The summed E-state index contributed by atoms with van der Waals surface area (Å²) in [5.74, 6) is -1.03. The van der Waals surface area contributed by atoms with Gasteiger partial charge in [0.15, 0.2) is 0 Å². The van der Waals surface area contributed by atoms with Crippen LogP contribution in [0.3, 0.4) is 0 Å². The highest BCUT2D eigenvalue weighted by molar-refractivity contribution is 7.90. The third-order valence-corrected chi connectivity index (χ3v) is 8.78. The molecule has 3 aromatic rings. The SMILES string of the molecule is C=C(Cc1c([Si](C)(C)C)c2cc(F)ccc2n1S(=O)(=O)c1ccccc1)C(=O)OCC. The van der Waals surface area contributed by atoms with Gasteiger partial charge in [-0.3, -0.25) is 0 Å². The smallest absolute Gasteiger partial charge is 0.333 e. The Hall–Kier alpha value is -2.71. The predicted molar refractivity (Wildman–Crippen MR) is 123 cm³/mol. The van der Waals surface area contributed by atoms with Gasteiger partial charge in [-0.25, -0.2) is 21.6 Å². The van der Waals surface area contributed by atoms with Gasteiger partial charge in [-0.05, 0) is 42.4 Å². The first-order valence-corrected chi connectivity index (χ1v) is 14.9. The predicted octanol–water partition coefficient (Wildman–Crippen LogP) is 4.22. The van der Waals surface area contributed by atoms with E-state index in [1.54, 1.807) is 25.1 Å². The molecule has 0 bridgehead atoms. The number of rotatable bonds is 7. The average molecular weight is 460 g/mol. The van der Waals surface area contributed by atoms with Crippen molar-refractivity contribution in [1.29, 1.82) is 0 Å². The minimum Gasteiger partial charge on any atom is -0.463 e. The van der Waals surface area contributed by atoms with E-state index in [1.165, 1.54) is 34.3 Å². The first kappa shape index (κ1) is 23.0. The lowest BCUT2D eigenvalue weighted by molar-refractivity contribution is -0.138. The van der Waals surface area contributed by atoms with E-state index in [0.717, 1.165) is 5.19 Å². The van der Waals surface area contributed by atoms with Crippen molar-refractivity contribution in [2.24, 2.45) is 0 Å². The van der Waals surface area contributed by atoms with Crippen LogP contribution < -0.4 is 5.19 Å². The van der Waals surface area contributed by atoms with Crippen molar-refractivity contribution in [2.45, 2.75) is 37.9 Å². The van der Waals surface area contributed by atoms with E-state index in [4.69, 9.17) is 4.74 Å². The van der Waals surface area contributed by atoms with E-state index in [9.17, 15) is 17.6 Å². The van der Waals surface area contributed by atoms with Crippen LogP contribution in [0.4, 0.5) is 4.39 Å². The summed E-state index contributed by atoms with van der Waals surface area (Å²) in [5, 5.41) is 1.33. The Morgan fingerprint density at radius 1 is 1.13 bits per heavy atom. The molecular formula is C23H26FNO4SSi. The second kappa shape index (κ2) is 8.43. The molecule has 0 aliphatic heterocycles. The van der Waals surface area contributed by atoms with Gasteiger partial charge in [-0.15, -0.1) is 0 Å². The van der Waals surface area contributed by atoms with Gasteiger partial charge in [0, 0.05) is 23.1 Å². The molecule has 0 aliphatic carbocycles. The maximum Gasteiger partial charge on any atom is 0.333 e. The molecule has 164 valence electrons. The van der Waals surface area contributed by atoms with Crippen molar-refractivity contribution in [3.05, 3.63) is 72.2 Å². The zero-order chi connectivity index (χ0) is 23.0. The molecule has 5 nitrogen and oxygen atoms in total. The average Bonchev–Trinajstić information content (AvgIpc) is 3.02. The molecular weight excluding hydrogens is 433 g/mol. The summed E-state index contributed by atoms with van der Waals surface area (Å²) in [6.07, 6.45) is -0.0131. The van der Waals surface area contributed by atoms with Gasteiger partial charge in [-0.2, -0.15) is 0 Å². The molecule has 1 heterocycles. The lowest BCUT2D eigenvalue weighted by Crippen LogP contribution is -2.41. The second-order valence-corrected chi connectivity index (χ2v) is 15.1. The number of halogens is 1. The zero-order valence-electron chi connectivity index (χ0n) is 18.1. The summed E-state index contributed by atoms with van der Waals surface area (Å²) in [7, 11) is -6.20. The molecule has 0 saturated carbocycles. The van der Waals surface area contributed by atoms with Crippen LogP contribution >= 0.6 is 0 Å². The molecule has 1 aromatic heterocycles. The third-order valence-electron chi connectivity index (χ3n) is 4.96. The zero-order valence-corrected chi connectivity index (χ0v) is 19.9. The van der Waals surface area contributed by atoms with Crippen LogP contribution in [0.2, 0.25) is 19.6 Å². The topological polar surface area (TPSA) is 65.4 Å². The van der Waals surface area contributed by atoms with Gasteiger partial charge in [0.2, 0.25) is 0 Å². The fraction of sp³-hybridized carbons (Fsp3) is 0.261. The Kier molecular flexibility index (Phi) is 6.25. The van der Waals surface area contributed by atoms with Crippen molar-refractivity contribution < 1.29 is 22.3 Å². The van der Waals surface area contributed by atoms with E-state index in [0.29, 0.717) is 16.6 Å². The highest BCUT2D eigenvalue weighted by atomic mass is 32.2. The van der Waals surface area contributed by atoms with Crippen molar-refractivity contribution in [2.75, 3.05) is 6.61 Å². The van der Waals surface area contributed by atoms with E-state index in [-0.39, 0.29) is 23.5 Å². The molecule has 0 amide bonds. The molecule has 0 radical (unpaired) electrons. The molecule has 0 unspecified atom stereocenters. The molecule has 8 heteroatoms. The molecule has 0 aliphatic rings. The number of aromatic nitrogens is 1. The number of esters is 1. The van der Waals surface area contributed by atoms with E-state index < -0.39 is 29.9 Å². The first-order chi connectivity index (χ1) is 14.5. The summed E-state index contributed by atoms with van der Waals surface area (Å²) in [6, 6.07) is 12.2. The van der Waals surface area contributed by atoms with Crippen LogP contribution in [0.5, 0.6) is 0 Å². The molecule has 2 aromatic carbocycles. The Balaban J connectivity index is 2.40. The Bertz CT molecular complexity index is 1260. The Morgan fingerprint density at radius 2 is 1.77 bits per heavy atom. The van der Waals surface area contributed by atoms with E-state index in [1.807, 2.05) is 0 Å². The quantitative estimate of drug-likeness (QED) is 0.301. The van der Waals surface area contributed by atoms with Crippen molar-refractivity contribution >= 4 is 40.2 Å². The van der Waals surface area contributed by atoms with Crippen LogP contribution in [0, 0.1) is 5.82 Å². The second-order valence-electron chi connectivity index (χ2n) is 8.32. The fourth-order valence-corrected chi connectivity index (χ4v) is 7.50. The summed E-state index contributed by atoms with van der Waals surface area (Å²) < 4.78 is 47.9. The Morgan fingerprint density at radius 3 is 2.35 bits per heavy atom. The minimum atomic E-state index is -4.01. The number of hydrogen-bond donors (Lipinski definition) is 0. The van der Waals surface area contributed by atoms with Crippen molar-refractivity contribution in [3.8, 4) is 0 Å². The lowest BCUT2D eigenvalue weighted by Gasteiger charge is -2.20. The number of ether oxygens (including phenoxy) is 1. The van der Waals surface area contributed by atoms with Gasteiger partial charge < -0.3 is 4.74 Å². The molecule has 0 N–H and O–H groups in total. The number of nitrogens with zero attached hydrogens (tertiary/aromatic N) is 1. The van der Waals surface area contributed by atoms with Gasteiger partial charge in [0.1, 0.15) is 5.82 Å². The van der Waals surface area contributed by atoms with E-state index >= 15 is 0 Å². The standard InChI is InChI=1S/C23H26FNO4SSi/c1-6-29-23(26)16(2)14-21-22(31(3,4)5)19-15-17(24)12-13-20(19)25(21)30(27,28)18-10-8-7-9-11-18/h7-13,15H,2,6,14H2,1,3-5H3. The molecule has 3 rings (SSSR count). The Labute approximate surface area is 183 Å². The number of hydrogen-bond acceptors (Lipinski definition) is 4. The van der Waals surface area contributed by atoms with Crippen LogP contribution in [-0.2, 0) is 26.0 Å². The summed E-state index contributed by atoms with van der Waals surface area (Å²) in [6.45, 7) is 11.9. The molecule has 0 fully saturated rings. The summed E-state index contributed by atoms with van der Waals surface area (Å²) in [5.41, 5.74) is 0.963. The van der Waals surface area contributed by atoms with Crippen molar-refractivity contribution in [3.63, 3.8) is 0 Å². The number of carbonyl (C=O) groups excluding carboxylic acids is 1. The van der Waals surface area contributed by atoms with Gasteiger partial charge in [0.25, 0.3) is 10.0 Å². The minimum absolute atomic E-state index is 0.0131. The van der Waals surface area contributed by atoms with Crippen LogP contribution in [0.25, 0.3) is 10.9 Å². The molecule has 0 spiro atoms. The van der Waals surface area contributed by atoms with Crippen LogP contribution in [0.15, 0.2) is 65.6 Å². The van der Waals surface area contributed by atoms with Crippen LogP contribution in [-0.4, -0.2) is 33.0 Å². The number of fused-ring (bicyclic) bond motifs is 1. The maximum absolute atomic E-state index is 14.2. The van der Waals surface area contributed by atoms with Gasteiger partial charge in [-0.1, -0.05) is 44.4 Å². The largest absolute Gasteiger partial charge is 0.463 e. The fourth-order valence-electron chi connectivity index (χ4n) is 3.76. The maximum atomic E-state index is 14.2. The first-order valence-electron chi connectivity index (χ1n) is 9.97. The van der Waals surface area contributed by atoms with Crippen LogP contribution in [0.1, 0.15) is 12.6 Å². The van der Waals surface area contributed by atoms with Gasteiger partial charge >= 0.3 is 5.97 Å². The summed E-state index contributed by atoms with van der Waals surface area (Å²) >= 11 is 0. The highest BCUT2D eigenvalue weighted by Gasteiger charge is 2.33. The van der Waals surface area contributed by atoms with E-state index in [2.05, 4.69) is 26.2 Å². The monoisotopic (exact) mass is 459 g/mol.